The Bertz CT molecular complexity index is 343. The van der Waals surface area contributed by atoms with Gasteiger partial charge in [-0.2, -0.15) is 0 Å². The summed E-state index contributed by atoms with van der Waals surface area (Å²) in [5.41, 5.74) is 6.65. The van der Waals surface area contributed by atoms with Crippen LogP contribution in [-0.4, -0.2) is 46.8 Å². The van der Waals surface area contributed by atoms with Crippen molar-refractivity contribution in [2.75, 3.05) is 46.8 Å². The summed E-state index contributed by atoms with van der Waals surface area (Å²) in [4.78, 5) is 0. The minimum atomic E-state index is 0.557. The highest BCUT2D eigenvalue weighted by Crippen LogP contribution is 2.11. The summed E-state index contributed by atoms with van der Waals surface area (Å²) in [6.07, 6.45) is 1.79. The second-order valence-electron chi connectivity index (χ2n) is 4.62. The number of hydrogen-bond acceptors (Lipinski definition) is 5. The standard InChI is InChI=1S/C16H27NO4/c1-18-8-2-9-19-12-13-20-10-3-11-21-16-6-4-15(14-17)5-7-16/h4-7H,2-3,8-14,17H2,1H3. The van der Waals surface area contributed by atoms with Crippen LogP contribution in [0.4, 0.5) is 0 Å². The zero-order chi connectivity index (χ0) is 15.2. The number of rotatable bonds is 13. The summed E-state index contributed by atoms with van der Waals surface area (Å²) in [7, 11) is 1.69. The second-order valence-corrected chi connectivity index (χ2v) is 4.62. The highest BCUT2D eigenvalue weighted by Gasteiger charge is 1.95. The maximum absolute atomic E-state index is 5.61. The van der Waals surface area contributed by atoms with Gasteiger partial charge in [-0.15, -0.1) is 0 Å². The van der Waals surface area contributed by atoms with Gasteiger partial charge in [0.15, 0.2) is 0 Å². The van der Waals surface area contributed by atoms with Crippen LogP contribution in [0, 0.1) is 0 Å². The lowest BCUT2D eigenvalue weighted by molar-refractivity contribution is 0.0364. The van der Waals surface area contributed by atoms with Crippen LogP contribution in [-0.2, 0) is 20.8 Å². The fourth-order valence-electron chi connectivity index (χ4n) is 1.70. The Morgan fingerprint density at radius 3 is 2.00 bits per heavy atom. The molecule has 1 rings (SSSR count). The lowest BCUT2D eigenvalue weighted by Crippen LogP contribution is -2.09. The van der Waals surface area contributed by atoms with Crippen LogP contribution in [0.15, 0.2) is 24.3 Å². The summed E-state index contributed by atoms with van der Waals surface area (Å²) in [6, 6.07) is 7.84. The van der Waals surface area contributed by atoms with Crippen LogP contribution in [0.25, 0.3) is 0 Å². The maximum atomic E-state index is 5.61. The molecule has 0 aliphatic carbocycles. The third kappa shape index (κ3) is 9.42. The van der Waals surface area contributed by atoms with E-state index in [1.54, 1.807) is 7.11 Å². The fraction of sp³-hybridized carbons (Fsp3) is 0.625. The largest absolute Gasteiger partial charge is 0.494 e. The van der Waals surface area contributed by atoms with Crippen molar-refractivity contribution in [3.05, 3.63) is 29.8 Å². The molecule has 0 radical (unpaired) electrons. The third-order valence-corrected chi connectivity index (χ3v) is 2.87. The monoisotopic (exact) mass is 297 g/mol. The van der Waals surface area contributed by atoms with Gasteiger partial charge in [-0.1, -0.05) is 12.1 Å². The molecule has 0 saturated heterocycles. The van der Waals surface area contributed by atoms with Gasteiger partial charge in [0.05, 0.1) is 19.8 Å². The molecule has 0 unspecified atom stereocenters. The van der Waals surface area contributed by atoms with E-state index in [4.69, 9.17) is 24.7 Å². The molecule has 2 N–H and O–H groups in total. The second kappa shape index (κ2) is 12.6. The average Bonchev–Trinajstić information content (AvgIpc) is 2.53. The molecule has 5 heteroatoms. The summed E-state index contributed by atoms with van der Waals surface area (Å²) in [5, 5.41) is 0. The first-order valence-corrected chi connectivity index (χ1v) is 7.43. The molecule has 0 amide bonds. The van der Waals surface area contributed by atoms with Crippen molar-refractivity contribution in [2.45, 2.75) is 19.4 Å². The predicted octanol–water partition coefficient (Wildman–Crippen LogP) is 1.98. The Balaban J connectivity index is 1.88. The zero-order valence-electron chi connectivity index (χ0n) is 12.9. The van der Waals surface area contributed by atoms with Gasteiger partial charge in [-0.05, 0) is 24.1 Å². The third-order valence-electron chi connectivity index (χ3n) is 2.87. The Hall–Kier alpha value is -1.14. The lowest BCUT2D eigenvalue weighted by Gasteiger charge is -2.08. The van der Waals surface area contributed by atoms with Crippen LogP contribution < -0.4 is 10.5 Å². The van der Waals surface area contributed by atoms with E-state index in [2.05, 4.69) is 0 Å². The van der Waals surface area contributed by atoms with E-state index in [1.807, 2.05) is 24.3 Å². The quantitative estimate of drug-likeness (QED) is 0.564. The number of hydrogen-bond donors (Lipinski definition) is 1. The molecule has 0 aliphatic heterocycles. The van der Waals surface area contributed by atoms with E-state index in [9.17, 15) is 0 Å². The zero-order valence-corrected chi connectivity index (χ0v) is 12.9. The number of nitrogens with two attached hydrogens (primary N) is 1. The van der Waals surface area contributed by atoms with E-state index in [-0.39, 0.29) is 0 Å². The molecule has 1 aromatic rings. The van der Waals surface area contributed by atoms with Gasteiger partial charge in [0.1, 0.15) is 5.75 Å². The van der Waals surface area contributed by atoms with E-state index in [0.29, 0.717) is 33.0 Å². The first-order valence-electron chi connectivity index (χ1n) is 7.43. The van der Waals surface area contributed by atoms with Crippen LogP contribution in [0.5, 0.6) is 5.75 Å². The smallest absolute Gasteiger partial charge is 0.119 e. The van der Waals surface area contributed by atoms with Crippen molar-refractivity contribution in [1.82, 2.24) is 0 Å². The molecular weight excluding hydrogens is 270 g/mol. The summed E-state index contributed by atoms with van der Waals surface area (Å²) in [6.45, 7) is 4.60. The molecule has 0 saturated carbocycles. The van der Waals surface area contributed by atoms with Crippen LogP contribution >= 0.6 is 0 Å². The van der Waals surface area contributed by atoms with Crippen molar-refractivity contribution >= 4 is 0 Å². The Morgan fingerprint density at radius 1 is 0.810 bits per heavy atom. The minimum Gasteiger partial charge on any atom is -0.494 e. The van der Waals surface area contributed by atoms with Crippen LogP contribution in [0.3, 0.4) is 0 Å². The number of methoxy groups -OCH3 is 1. The predicted molar refractivity (Wildman–Crippen MR) is 82.6 cm³/mol. The van der Waals surface area contributed by atoms with Gasteiger partial charge in [0.2, 0.25) is 0 Å². The molecule has 0 bridgehead atoms. The fourth-order valence-corrected chi connectivity index (χ4v) is 1.70. The Morgan fingerprint density at radius 2 is 1.43 bits per heavy atom. The molecule has 0 atom stereocenters. The molecule has 1 aromatic carbocycles. The molecule has 0 aliphatic rings. The van der Waals surface area contributed by atoms with Gasteiger partial charge < -0.3 is 24.7 Å². The minimum absolute atomic E-state index is 0.557. The topological polar surface area (TPSA) is 62.9 Å². The molecular formula is C16H27NO4. The molecule has 120 valence electrons. The van der Waals surface area contributed by atoms with Gasteiger partial charge in [-0.3, -0.25) is 0 Å². The Kier molecular flexibility index (Phi) is 10.7. The van der Waals surface area contributed by atoms with E-state index < -0.39 is 0 Å². The van der Waals surface area contributed by atoms with Crippen LogP contribution in [0.1, 0.15) is 18.4 Å². The molecule has 21 heavy (non-hydrogen) atoms. The van der Waals surface area contributed by atoms with E-state index >= 15 is 0 Å². The van der Waals surface area contributed by atoms with Gasteiger partial charge >= 0.3 is 0 Å². The van der Waals surface area contributed by atoms with Crippen molar-refractivity contribution in [1.29, 1.82) is 0 Å². The van der Waals surface area contributed by atoms with E-state index in [1.165, 1.54) is 0 Å². The van der Waals surface area contributed by atoms with Crippen molar-refractivity contribution in [3.63, 3.8) is 0 Å². The average molecular weight is 297 g/mol. The van der Waals surface area contributed by atoms with Crippen LogP contribution in [0.2, 0.25) is 0 Å². The van der Waals surface area contributed by atoms with Crippen molar-refractivity contribution in [3.8, 4) is 5.75 Å². The van der Waals surface area contributed by atoms with Crippen molar-refractivity contribution in [2.24, 2.45) is 5.73 Å². The normalized spacial score (nSPS) is 10.8. The highest BCUT2D eigenvalue weighted by atomic mass is 16.5. The molecule has 0 heterocycles. The summed E-state index contributed by atoms with van der Waals surface area (Å²) >= 11 is 0. The van der Waals surface area contributed by atoms with Gasteiger partial charge in [-0.25, -0.2) is 0 Å². The summed E-state index contributed by atoms with van der Waals surface area (Å²) in [5.74, 6) is 0.869. The first kappa shape index (κ1) is 17.9. The van der Waals surface area contributed by atoms with Gasteiger partial charge in [0, 0.05) is 39.9 Å². The van der Waals surface area contributed by atoms with E-state index in [0.717, 1.165) is 37.4 Å². The molecule has 5 nitrogen and oxygen atoms in total. The molecule has 0 aromatic heterocycles. The number of ether oxygens (including phenoxy) is 4. The summed E-state index contributed by atoms with van der Waals surface area (Å²) < 4.78 is 21.4. The Labute approximate surface area is 127 Å². The highest BCUT2D eigenvalue weighted by molar-refractivity contribution is 5.26. The SMILES string of the molecule is COCCCOCCOCCCOc1ccc(CN)cc1. The number of benzene rings is 1. The first-order chi connectivity index (χ1) is 10.4. The lowest BCUT2D eigenvalue weighted by atomic mass is 10.2. The molecule has 0 fully saturated rings. The van der Waals surface area contributed by atoms with Crippen molar-refractivity contribution < 1.29 is 18.9 Å². The van der Waals surface area contributed by atoms with Gasteiger partial charge in [0.25, 0.3) is 0 Å². The molecule has 0 spiro atoms. The maximum Gasteiger partial charge on any atom is 0.119 e.